The predicted octanol–water partition coefficient (Wildman–Crippen LogP) is 3.55. The molecule has 0 unspecified atom stereocenters. The average molecular weight is 282 g/mol. The van der Waals surface area contributed by atoms with Gasteiger partial charge in [-0.2, -0.15) is 0 Å². The van der Waals surface area contributed by atoms with Gasteiger partial charge in [-0.25, -0.2) is 4.98 Å². The van der Waals surface area contributed by atoms with Crippen molar-refractivity contribution in [3.05, 3.63) is 34.2 Å². The van der Waals surface area contributed by atoms with Gasteiger partial charge in [0.15, 0.2) is 5.01 Å². The molecule has 0 aliphatic carbocycles. The van der Waals surface area contributed by atoms with E-state index in [9.17, 15) is 4.79 Å². The van der Waals surface area contributed by atoms with Gasteiger partial charge >= 0.3 is 0 Å². The Morgan fingerprint density at radius 1 is 1.50 bits per heavy atom. The summed E-state index contributed by atoms with van der Waals surface area (Å²) < 4.78 is 5.21. The number of carbonyl (C=O) groups excluding carboxylic acids is 1. The molecule has 94 valence electrons. The molecule has 2 aromatic rings. The summed E-state index contributed by atoms with van der Waals surface area (Å²) in [7, 11) is 1.64. The number of aromatic nitrogens is 1. The van der Waals surface area contributed by atoms with Gasteiger partial charge in [-0.05, 0) is 30.7 Å². The predicted molar refractivity (Wildman–Crippen MR) is 73.9 cm³/mol. The summed E-state index contributed by atoms with van der Waals surface area (Å²) in [4.78, 5) is 15.7. The first-order chi connectivity index (χ1) is 8.65. The Labute approximate surface area is 114 Å². The third-order valence-corrected chi connectivity index (χ3v) is 3.68. The molecule has 0 saturated heterocycles. The lowest BCUT2D eigenvalue weighted by Gasteiger charge is -2.05. The Morgan fingerprint density at radius 2 is 2.28 bits per heavy atom. The van der Waals surface area contributed by atoms with Gasteiger partial charge in [-0.1, -0.05) is 0 Å². The lowest BCUT2D eigenvalue weighted by atomic mass is 10.1. The van der Waals surface area contributed by atoms with Crippen molar-refractivity contribution in [1.29, 1.82) is 0 Å². The zero-order valence-electron chi connectivity index (χ0n) is 10.1. The van der Waals surface area contributed by atoms with Crippen molar-refractivity contribution in [1.82, 2.24) is 4.98 Å². The minimum absolute atomic E-state index is 0.0331. The van der Waals surface area contributed by atoms with Crippen LogP contribution in [0.3, 0.4) is 0 Å². The van der Waals surface area contributed by atoms with E-state index in [0.29, 0.717) is 5.01 Å². The second-order valence-corrected chi connectivity index (χ2v) is 4.90. The van der Waals surface area contributed by atoms with Crippen LogP contribution in [-0.2, 0) is 0 Å². The minimum atomic E-state index is -0.141. The Morgan fingerprint density at radius 3 is 2.89 bits per heavy atom. The first-order valence-corrected chi connectivity index (χ1v) is 6.77. The molecular weight excluding hydrogens is 270 g/mol. The maximum Gasteiger partial charge on any atom is 0.206 e. The standard InChI is InChI=1S/C13H12ClNO2S/c1-8-5-9(3-4-12(8)17-2)10-7-18-13(15-10)11(16)6-14/h3-5,7H,6H2,1-2H3. The van der Waals surface area contributed by atoms with Crippen LogP contribution in [-0.4, -0.2) is 23.8 Å². The molecule has 0 aliphatic rings. The van der Waals surface area contributed by atoms with Gasteiger partial charge < -0.3 is 4.74 Å². The molecule has 0 saturated carbocycles. The third-order valence-electron chi connectivity index (χ3n) is 2.55. The molecule has 3 nitrogen and oxygen atoms in total. The van der Waals surface area contributed by atoms with E-state index in [1.807, 2.05) is 30.5 Å². The van der Waals surface area contributed by atoms with E-state index in [-0.39, 0.29) is 11.7 Å². The van der Waals surface area contributed by atoms with Crippen LogP contribution in [0.2, 0.25) is 0 Å². The number of halogens is 1. The quantitative estimate of drug-likeness (QED) is 0.635. The van der Waals surface area contributed by atoms with Gasteiger partial charge in [0, 0.05) is 10.9 Å². The molecule has 0 fully saturated rings. The molecule has 2 rings (SSSR count). The fraction of sp³-hybridized carbons (Fsp3) is 0.231. The van der Waals surface area contributed by atoms with Crippen molar-refractivity contribution in [2.75, 3.05) is 13.0 Å². The summed E-state index contributed by atoms with van der Waals surface area (Å²) in [5.74, 6) is 0.665. The van der Waals surface area contributed by atoms with Crippen molar-refractivity contribution < 1.29 is 9.53 Å². The summed E-state index contributed by atoms with van der Waals surface area (Å²) in [6.07, 6.45) is 0. The van der Waals surface area contributed by atoms with Crippen LogP contribution in [0.4, 0.5) is 0 Å². The molecule has 0 atom stereocenters. The van der Waals surface area contributed by atoms with E-state index < -0.39 is 0 Å². The Balaban J connectivity index is 2.34. The highest BCUT2D eigenvalue weighted by Crippen LogP contribution is 2.27. The Hall–Kier alpha value is -1.39. The van der Waals surface area contributed by atoms with Crippen LogP contribution >= 0.6 is 22.9 Å². The summed E-state index contributed by atoms with van der Waals surface area (Å²) in [6.45, 7) is 1.97. The van der Waals surface area contributed by atoms with Crippen LogP contribution < -0.4 is 4.74 Å². The normalized spacial score (nSPS) is 10.4. The summed E-state index contributed by atoms with van der Waals surface area (Å²) in [6, 6.07) is 5.81. The number of Topliss-reactive ketones (excluding diaryl/α,β-unsaturated/α-hetero) is 1. The average Bonchev–Trinajstić information content (AvgIpc) is 2.87. The number of ketones is 1. The van der Waals surface area contributed by atoms with E-state index in [2.05, 4.69) is 4.98 Å². The van der Waals surface area contributed by atoms with E-state index in [0.717, 1.165) is 22.6 Å². The number of hydrogen-bond donors (Lipinski definition) is 0. The zero-order chi connectivity index (χ0) is 13.1. The van der Waals surface area contributed by atoms with Crippen molar-refractivity contribution in [2.24, 2.45) is 0 Å². The first kappa shape index (κ1) is 13.1. The number of nitrogens with zero attached hydrogens (tertiary/aromatic N) is 1. The van der Waals surface area contributed by atoms with E-state index in [4.69, 9.17) is 16.3 Å². The van der Waals surface area contributed by atoms with Gasteiger partial charge in [-0.3, -0.25) is 4.79 Å². The lowest BCUT2D eigenvalue weighted by Crippen LogP contribution is -1.98. The molecule has 0 spiro atoms. The summed E-state index contributed by atoms with van der Waals surface area (Å²) in [5, 5.41) is 2.31. The van der Waals surface area contributed by atoms with Crippen LogP contribution in [0.15, 0.2) is 23.6 Å². The Bertz CT molecular complexity index is 580. The van der Waals surface area contributed by atoms with Crippen molar-refractivity contribution in [3.63, 3.8) is 0 Å². The SMILES string of the molecule is COc1ccc(-c2csc(C(=O)CCl)n2)cc1C. The molecule has 0 bridgehead atoms. The molecular formula is C13H12ClNO2S. The molecule has 1 aromatic carbocycles. The molecule has 0 aliphatic heterocycles. The van der Waals surface area contributed by atoms with Crippen LogP contribution in [0.5, 0.6) is 5.75 Å². The number of alkyl halides is 1. The smallest absolute Gasteiger partial charge is 0.206 e. The maximum absolute atomic E-state index is 11.4. The first-order valence-electron chi connectivity index (χ1n) is 5.35. The molecule has 1 aromatic heterocycles. The van der Waals surface area contributed by atoms with Crippen molar-refractivity contribution in [2.45, 2.75) is 6.92 Å². The highest BCUT2D eigenvalue weighted by Gasteiger charge is 2.11. The number of rotatable bonds is 4. The second kappa shape index (κ2) is 5.50. The summed E-state index contributed by atoms with van der Waals surface area (Å²) >= 11 is 6.82. The second-order valence-electron chi connectivity index (χ2n) is 3.78. The van der Waals surface area contributed by atoms with Gasteiger partial charge in [0.1, 0.15) is 5.75 Å². The molecule has 0 radical (unpaired) electrons. The van der Waals surface area contributed by atoms with Gasteiger partial charge in [0.25, 0.3) is 0 Å². The summed E-state index contributed by atoms with van der Waals surface area (Å²) in [5.41, 5.74) is 2.80. The monoisotopic (exact) mass is 281 g/mol. The molecule has 18 heavy (non-hydrogen) atoms. The van der Waals surface area contributed by atoms with Crippen LogP contribution in [0.1, 0.15) is 15.4 Å². The number of hydrogen-bond acceptors (Lipinski definition) is 4. The van der Waals surface area contributed by atoms with Crippen LogP contribution in [0.25, 0.3) is 11.3 Å². The topological polar surface area (TPSA) is 39.2 Å². The number of ether oxygens (including phenoxy) is 1. The van der Waals surface area contributed by atoms with Gasteiger partial charge in [-0.15, -0.1) is 22.9 Å². The zero-order valence-corrected chi connectivity index (χ0v) is 11.6. The van der Waals surface area contributed by atoms with E-state index in [1.54, 1.807) is 7.11 Å². The maximum atomic E-state index is 11.4. The van der Waals surface area contributed by atoms with E-state index >= 15 is 0 Å². The van der Waals surface area contributed by atoms with E-state index in [1.165, 1.54) is 11.3 Å². The highest BCUT2D eigenvalue weighted by molar-refractivity contribution is 7.12. The van der Waals surface area contributed by atoms with Crippen molar-refractivity contribution >= 4 is 28.7 Å². The minimum Gasteiger partial charge on any atom is -0.496 e. The van der Waals surface area contributed by atoms with Crippen molar-refractivity contribution in [3.8, 4) is 17.0 Å². The fourth-order valence-electron chi connectivity index (χ4n) is 1.63. The largest absolute Gasteiger partial charge is 0.496 e. The number of carbonyl (C=O) groups is 1. The molecule has 0 amide bonds. The number of thiazole rings is 1. The molecule has 1 heterocycles. The number of benzene rings is 1. The number of aryl methyl sites for hydroxylation is 1. The molecule has 5 heteroatoms. The van der Waals surface area contributed by atoms with Gasteiger partial charge in [0.2, 0.25) is 5.78 Å². The fourth-order valence-corrected chi connectivity index (χ4v) is 2.60. The highest BCUT2D eigenvalue weighted by atomic mass is 35.5. The molecule has 0 N–H and O–H groups in total. The number of methoxy groups -OCH3 is 1. The Kier molecular flexibility index (Phi) is 3.99. The third kappa shape index (κ3) is 2.54. The van der Waals surface area contributed by atoms with Crippen LogP contribution in [0, 0.1) is 6.92 Å². The lowest BCUT2D eigenvalue weighted by molar-refractivity contribution is 0.102. The van der Waals surface area contributed by atoms with Gasteiger partial charge in [0.05, 0.1) is 18.7 Å².